The number of rotatable bonds is 5. The van der Waals surface area contributed by atoms with Gasteiger partial charge in [0, 0.05) is 12.2 Å². The number of benzene rings is 1. The number of aryl methyl sites for hydroxylation is 1. The second-order valence-corrected chi connectivity index (χ2v) is 6.57. The average Bonchev–Trinajstić information content (AvgIpc) is 2.88. The maximum Gasteiger partial charge on any atom is 0.264 e. The summed E-state index contributed by atoms with van der Waals surface area (Å²) in [6.07, 6.45) is 2.43. The molecule has 0 bridgehead atoms. The first-order valence-corrected chi connectivity index (χ1v) is 8.54. The van der Waals surface area contributed by atoms with E-state index in [0.717, 1.165) is 12.0 Å². The Bertz CT molecular complexity index is 732. The molecule has 0 aliphatic carbocycles. The van der Waals surface area contributed by atoms with Crippen LogP contribution in [0.1, 0.15) is 19.4 Å². The molecule has 1 aliphatic rings. The van der Waals surface area contributed by atoms with E-state index in [9.17, 15) is 14.9 Å². The summed E-state index contributed by atoms with van der Waals surface area (Å²) in [5.74, 6) is -0.638. The quantitative estimate of drug-likeness (QED) is 0.508. The molecule has 1 aromatic carbocycles. The third-order valence-corrected chi connectivity index (χ3v) is 4.79. The van der Waals surface area contributed by atoms with Gasteiger partial charge in [-0.15, -0.1) is 6.58 Å². The number of nitrogens with one attached hydrogen (secondary N) is 1. The Hall–Kier alpha value is -2.52. The molecule has 124 valence electrons. The van der Waals surface area contributed by atoms with Crippen molar-refractivity contribution in [3.63, 3.8) is 0 Å². The van der Waals surface area contributed by atoms with Crippen molar-refractivity contribution >= 4 is 29.3 Å². The highest BCUT2D eigenvalue weighted by Crippen LogP contribution is 2.40. The predicted molar refractivity (Wildman–Crippen MR) is 96.2 cm³/mol. The van der Waals surface area contributed by atoms with Crippen molar-refractivity contribution < 1.29 is 9.59 Å². The molecule has 2 rings (SSSR count). The van der Waals surface area contributed by atoms with Crippen LogP contribution >= 0.6 is 11.8 Å². The van der Waals surface area contributed by atoms with E-state index in [1.54, 1.807) is 6.92 Å². The maximum atomic E-state index is 12.5. The minimum absolute atomic E-state index is 0.0564. The van der Waals surface area contributed by atoms with Gasteiger partial charge in [0.25, 0.3) is 5.91 Å². The van der Waals surface area contributed by atoms with Crippen LogP contribution in [0.2, 0.25) is 0 Å². The Balaban J connectivity index is 2.46. The molecule has 0 radical (unpaired) electrons. The number of carbonyl (C=O) groups excluding carboxylic acids is 2. The van der Waals surface area contributed by atoms with E-state index in [0.29, 0.717) is 10.7 Å². The summed E-state index contributed by atoms with van der Waals surface area (Å²) >= 11 is 1.23. The summed E-state index contributed by atoms with van der Waals surface area (Å²) in [5.41, 5.74) is 1.76. The molecule has 24 heavy (non-hydrogen) atoms. The third kappa shape index (κ3) is 3.52. The highest BCUT2D eigenvalue weighted by atomic mass is 32.2. The Morgan fingerprint density at radius 3 is 2.67 bits per heavy atom. The molecule has 1 fully saturated rings. The number of nitriles is 1. The molecule has 1 heterocycles. The minimum atomic E-state index is -0.503. The van der Waals surface area contributed by atoms with Crippen molar-refractivity contribution in [3.05, 3.63) is 53.1 Å². The molecular formula is C18H19N3O2S. The number of anilines is 1. The maximum absolute atomic E-state index is 12.5. The molecule has 6 heteroatoms. The predicted octanol–water partition coefficient (Wildman–Crippen LogP) is 2.75. The molecule has 1 aromatic rings. The minimum Gasteiger partial charge on any atom is -0.348 e. The van der Waals surface area contributed by atoms with Gasteiger partial charge in [-0.05, 0) is 31.0 Å². The Kier molecular flexibility index (Phi) is 5.83. The van der Waals surface area contributed by atoms with E-state index in [-0.39, 0.29) is 23.3 Å². The van der Waals surface area contributed by atoms with Crippen molar-refractivity contribution in [2.75, 3.05) is 11.4 Å². The van der Waals surface area contributed by atoms with Gasteiger partial charge in [0.1, 0.15) is 16.7 Å². The van der Waals surface area contributed by atoms with Gasteiger partial charge in [0.2, 0.25) is 5.91 Å². The van der Waals surface area contributed by atoms with E-state index in [1.807, 2.05) is 30.3 Å². The van der Waals surface area contributed by atoms with E-state index in [1.165, 1.54) is 22.7 Å². The van der Waals surface area contributed by atoms with Gasteiger partial charge in [-0.3, -0.25) is 14.5 Å². The van der Waals surface area contributed by atoms with Gasteiger partial charge in [-0.2, -0.15) is 5.26 Å². The van der Waals surface area contributed by atoms with Crippen molar-refractivity contribution in [2.45, 2.75) is 25.5 Å². The van der Waals surface area contributed by atoms with Gasteiger partial charge in [0.05, 0.1) is 5.25 Å². The number of thioether (sulfide) groups is 1. The van der Waals surface area contributed by atoms with E-state index < -0.39 is 5.91 Å². The van der Waals surface area contributed by atoms with Crippen LogP contribution in [0.15, 0.2) is 47.5 Å². The van der Waals surface area contributed by atoms with Gasteiger partial charge in [-0.25, -0.2) is 0 Å². The van der Waals surface area contributed by atoms with Gasteiger partial charge >= 0.3 is 0 Å². The molecule has 1 unspecified atom stereocenters. The Morgan fingerprint density at radius 1 is 1.46 bits per heavy atom. The number of hydrogen-bond acceptors (Lipinski definition) is 4. The molecule has 0 spiro atoms. The number of nitrogens with zero attached hydrogens (tertiary/aromatic N) is 2. The zero-order valence-corrected chi connectivity index (χ0v) is 14.5. The molecule has 2 amide bonds. The fourth-order valence-electron chi connectivity index (χ4n) is 2.30. The molecule has 1 saturated heterocycles. The van der Waals surface area contributed by atoms with Crippen LogP contribution in [0.25, 0.3) is 0 Å². The number of hydrogen-bond donors (Lipinski definition) is 1. The smallest absolute Gasteiger partial charge is 0.264 e. The summed E-state index contributed by atoms with van der Waals surface area (Å²) in [6, 6.07) is 9.50. The normalized spacial score (nSPS) is 19.0. The summed E-state index contributed by atoms with van der Waals surface area (Å²) in [5, 5.41) is 12.1. The Morgan fingerprint density at radius 2 is 2.12 bits per heavy atom. The van der Waals surface area contributed by atoms with Crippen molar-refractivity contribution in [3.8, 4) is 6.07 Å². The lowest BCUT2D eigenvalue weighted by Crippen LogP contribution is -2.31. The zero-order chi connectivity index (χ0) is 17.7. The van der Waals surface area contributed by atoms with Crippen molar-refractivity contribution in [2.24, 2.45) is 0 Å². The largest absolute Gasteiger partial charge is 0.348 e. The first kappa shape index (κ1) is 17.8. The fraction of sp³-hybridized carbons (Fsp3) is 0.278. The second-order valence-electron chi connectivity index (χ2n) is 5.24. The first-order chi connectivity index (χ1) is 11.5. The number of amides is 2. The molecule has 1 atom stereocenters. The van der Waals surface area contributed by atoms with Crippen LogP contribution in [0.5, 0.6) is 0 Å². The molecule has 5 nitrogen and oxygen atoms in total. The highest BCUT2D eigenvalue weighted by molar-refractivity contribution is 8.05. The monoisotopic (exact) mass is 341 g/mol. The Labute approximate surface area is 146 Å². The lowest BCUT2D eigenvalue weighted by atomic mass is 10.1. The zero-order valence-electron chi connectivity index (χ0n) is 13.7. The molecule has 1 N–H and O–H groups in total. The first-order valence-electron chi connectivity index (χ1n) is 7.66. The van der Waals surface area contributed by atoms with Crippen LogP contribution in [-0.2, 0) is 16.0 Å². The SMILES string of the molecule is C=CCNC(=O)/C(C#N)=C1\SC(C)C(=O)N1c1ccc(CC)cc1. The van der Waals surface area contributed by atoms with E-state index >= 15 is 0 Å². The lowest BCUT2D eigenvalue weighted by molar-refractivity contribution is -0.117. The summed E-state index contributed by atoms with van der Waals surface area (Å²) in [7, 11) is 0. The van der Waals surface area contributed by atoms with Gasteiger partial charge < -0.3 is 5.32 Å². The molecule has 0 aromatic heterocycles. The molecular weight excluding hydrogens is 322 g/mol. The van der Waals surface area contributed by atoms with Crippen LogP contribution < -0.4 is 10.2 Å². The van der Waals surface area contributed by atoms with E-state index in [4.69, 9.17) is 0 Å². The lowest BCUT2D eigenvalue weighted by Gasteiger charge is -2.18. The average molecular weight is 341 g/mol. The summed E-state index contributed by atoms with van der Waals surface area (Å²) in [6.45, 7) is 7.62. The topological polar surface area (TPSA) is 73.2 Å². The van der Waals surface area contributed by atoms with Crippen LogP contribution in [0, 0.1) is 11.3 Å². The highest BCUT2D eigenvalue weighted by Gasteiger charge is 2.38. The van der Waals surface area contributed by atoms with E-state index in [2.05, 4.69) is 18.8 Å². The second kappa shape index (κ2) is 7.84. The molecule has 1 aliphatic heterocycles. The molecule has 0 saturated carbocycles. The third-order valence-electron chi connectivity index (χ3n) is 3.62. The van der Waals surface area contributed by atoms with Crippen LogP contribution in [0.3, 0.4) is 0 Å². The summed E-state index contributed by atoms with van der Waals surface area (Å²) < 4.78 is 0. The van der Waals surface area contributed by atoms with Crippen molar-refractivity contribution in [1.29, 1.82) is 5.26 Å². The van der Waals surface area contributed by atoms with Gasteiger partial charge in [0.15, 0.2) is 0 Å². The van der Waals surface area contributed by atoms with Crippen LogP contribution in [0.4, 0.5) is 5.69 Å². The summed E-state index contributed by atoms with van der Waals surface area (Å²) in [4.78, 5) is 26.2. The fourth-order valence-corrected chi connectivity index (χ4v) is 3.40. The van der Waals surface area contributed by atoms with Gasteiger partial charge in [-0.1, -0.05) is 36.9 Å². The van der Waals surface area contributed by atoms with Crippen LogP contribution in [-0.4, -0.2) is 23.6 Å². The number of carbonyl (C=O) groups is 2. The van der Waals surface area contributed by atoms with Crippen molar-refractivity contribution in [1.82, 2.24) is 5.32 Å². The standard InChI is InChI=1S/C18H19N3O2S/c1-4-10-20-16(22)15(11-19)18-21(17(23)12(3)24-18)14-8-6-13(5-2)7-9-14/h4,6-9,12H,1,5,10H2,2-3H3,(H,20,22)/b18-15-.